The number of hydrogen-bond donors (Lipinski definition) is 2. The highest BCUT2D eigenvalue weighted by molar-refractivity contribution is 7.89. The molecule has 0 aliphatic rings. The van der Waals surface area contributed by atoms with Gasteiger partial charge in [0.15, 0.2) is 6.54 Å². The number of carbonyl (C=O) groups is 1. The van der Waals surface area contributed by atoms with Crippen molar-refractivity contribution in [2.45, 2.75) is 64.4 Å². The van der Waals surface area contributed by atoms with Crippen molar-refractivity contribution < 1.29 is 18.5 Å². The van der Waals surface area contributed by atoms with Crippen LogP contribution in [0.1, 0.15) is 59.6 Å². The first kappa shape index (κ1) is 22.6. The maximum Gasteiger partial charge on any atom is 0.275 e. The van der Waals surface area contributed by atoms with E-state index >= 15 is 0 Å². The molecule has 26 heavy (non-hydrogen) atoms. The molecule has 0 saturated carbocycles. The number of nitrogens with zero attached hydrogens (tertiary/aromatic N) is 1. The van der Waals surface area contributed by atoms with E-state index in [2.05, 4.69) is 5.32 Å². The summed E-state index contributed by atoms with van der Waals surface area (Å²) in [6, 6.07) is 7.01. The van der Waals surface area contributed by atoms with Crippen LogP contribution in [0.2, 0.25) is 0 Å². The van der Waals surface area contributed by atoms with Crippen LogP contribution >= 0.6 is 0 Å². The molecule has 0 aliphatic heterocycles. The van der Waals surface area contributed by atoms with Crippen LogP contribution in [-0.2, 0) is 14.8 Å². The van der Waals surface area contributed by atoms with Crippen molar-refractivity contribution in [1.82, 2.24) is 9.62 Å². The second-order valence-electron chi connectivity index (χ2n) is 7.17. The molecule has 0 bridgehead atoms. The van der Waals surface area contributed by atoms with Crippen LogP contribution in [0.3, 0.4) is 0 Å². The lowest BCUT2D eigenvalue weighted by atomic mass is 10.0. The molecule has 0 unspecified atom stereocenters. The molecule has 0 spiro atoms. The van der Waals surface area contributed by atoms with E-state index in [-0.39, 0.29) is 17.5 Å². The summed E-state index contributed by atoms with van der Waals surface area (Å²) in [6.07, 6.45) is 0.872. The van der Waals surface area contributed by atoms with Gasteiger partial charge in [-0.15, -0.1) is 0 Å². The van der Waals surface area contributed by atoms with E-state index in [1.165, 1.54) is 4.31 Å². The minimum Gasteiger partial charge on any atom is -0.346 e. The van der Waals surface area contributed by atoms with Crippen LogP contribution in [0.4, 0.5) is 0 Å². The molecule has 7 heteroatoms. The summed E-state index contributed by atoms with van der Waals surface area (Å²) in [7, 11) is -3.43. The molecule has 0 aromatic heterocycles. The van der Waals surface area contributed by atoms with E-state index in [4.69, 9.17) is 0 Å². The molecule has 1 aromatic rings. The van der Waals surface area contributed by atoms with E-state index in [1.807, 2.05) is 59.0 Å². The quantitative estimate of drug-likeness (QED) is 0.643. The van der Waals surface area contributed by atoms with Crippen LogP contribution in [-0.4, -0.2) is 43.8 Å². The lowest BCUT2D eigenvalue weighted by Gasteiger charge is -2.24. The van der Waals surface area contributed by atoms with Crippen molar-refractivity contribution in [3.8, 4) is 0 Å². The number of benzene rings is 1. The fourth-order valence-corrected chi connectivity index (χ4v) is 4.05. The predicted octanol–water partition coefficient (Wildman–Crippen LogP) is 1.65. The Balaban J connectivity index is 2.72. The van der Waals surface area contributed by atoms with Gasteiger partial charge in [0, 0.05) is 24.2 Å². The van der Waals surface area contributed by atoms with E-state index in [9.17, 15) is 13.2 Å². The third-order valence-electron chi connectivity index (χ3n) is 4.77. The Morgan fingerprint density at radius 3 is 2.15 bits per heavy atom. The van der Waals surface area contributed by atoms with Gasteiger partial charge in [-0.05, 0) is 39.3 Å². The van der Waals surface area contributed by atoms with E-state index in [0.717, 1.165) is 12.0 Å². The number of hydrogen-bond acceptors (Lipinski definition) is 3. The number of nitrogens with one attached hydrogen (secondary N) is 1. The summed E-state index contributed by atoms with van der Waals surface area (Å²) in [5, 5.41) is 4.97. The molecule has 1 amide bonds. The van der Waals surface area contributed by atoms with Gasteiger partial charge < -0.3 is 10.6 Å². The Morgan fingerprint density at radius 2 is 1.69 bits per heavy atom. The molecule has 1 aromatic carbocycles. The van der Waals surface area contributed by atoms with Gasteiger partial charge in [0.25, 0.3) is 5.91 Å². The largest absolute Gasteiger partial charge is 0.346 e. The summed E-state index contributed by atoms with van der Waals surface area (Å²) >= 11 is 0. The topological polar surface area (TPSA) is 83.1 Å². The summed E-state index contributed by atoms with van der Waals surface area (Å²) in [5.41, 5.74) is 0.792. The number of nitrogens with two attached hydrogens (primary N) is 1. The maximum absolute atomic E-state index is 12.5. The lowest BCUT2D eigenvalue weighted by molar-refractivity contribution is -0.682. The minimum absolute atomic E-state index is 0.00410. The second kappa shape index (κ2) is 9.48. The first-order valence-electron chi connectivity index (χ1n) is 9.31. The summed E-state index contributed by atoms with van der Waals surface area (Å²) in [6.45, 7) is 13.0. The zero-order chi connectivity index (χ0) is 20.0. The highest BCUT2D eigenvalue weighted by Gasteiger charge is 2.22. The first-order valence-corrected chi connectivity index (χ1v) is 10.8. The lowest BCUT2D eigenvalue weighted by Crippen LogP contribution is -2.87. The molecular formula is C19H34N3O3S+. The van der Waals surface area contributed by atoms with Gasteiger partial charge in [-0.3, -0.25) is 4.79 Å². The van der Waals surface area contributed by atoms with Crippen molar-refractivity contribution in [3.63, 3.8) is 0 Å². The molecule has 148 valence electrons. The van der Waals surface area contributed by atoms with Crippen LogP contribution in [0.15, 0.2) is 29.2 Å². The Kier molecular flexibility index (Phi) is 8.24. The highest BCUT2D eigenvalue weighted by Crippen LogP contribution is 2.18. The molecule has 1 atom stereocenters. The molecule has 0 heterocycles. The van der Waals surface area contributed by atoms with Gasteiger partial charge in [0.05, 0.1) is 4.90 Å². The van der Waals surface area contributed by atoms with Gasteiger partial charge >= 0.3 is 0 Å². The van der Waals surface area contributed by atoms with Crippen molar-refractivity contribution in [3.05, 3.63) is 29.8 Å². The maximum atomic E-state index is 12.5. The van der Waals surface area contributed by atoms with Crippen molar-refractivity contribution in [2.24, 2.45) is 0 Å². The van der Waals surface area contributed by atoms with E-state index < -0.39 is 10.0 Å². The van der Waals surface area contributed by atoms with Gasteiger partial charge in [0.1, 0.15) is 6.04 Å². The SMILES string of the molecule is CCN(CC)S(=O)(=O)c1ccc([C@H](C)[NH2+]CC(=O)NC(C)(C)CC)cc1. The average Bonchev–Trinajstić information content (AvgIpc) is 2.60. The molecule has 0 aliphatic carbocycles. The molecule has 6 nitrogen and oxygen atoms in total. The Bertz CT molecular complexity index is 680. The normalized spacial score (nSPS) is 13.7. The fourth-order valence-electron chi connectivity index (χ4n) is 2.59. The number of quaternary nitrogens is 1. The number of sulfonamides is 1. The number of rotatable bonds is 10. The number of carbonyl (C=O) groups excluding carboxylic acids is 1. The Hall–Kier alpha value is -1.44. The molecule has 0 saturated heterocycles. The third-order valence-corrected chi connectivity index (χ3v) is 6.83. The number of amides is 1. The van der Waals surface area contributed by atoms with Crippen LogP contribution in [0.25, 0.3) is 0 Å². The van der Waals surface area contributed by atoms with Crippen molar-refractivity contribution in [1.29, 1.82) is 0 Å². The second-order valence-corrected chi connectivity index (χ2v) is 9.11. The van der Waals surface area contributed by atoms with Gasteiger partial charge in [-0.1, -0.05) is 32.9 Å². The predicted molar refractivity (Wildman–Crippen MR) is 104 cm³/mol. The van der Waals surface area contributed by atoms with Crippen LogP contribution < -0.4 is 10.6 Å². The molecular weight excluding hydrogens is 350 g/mol. The molecule has 1 rings (SSSR count). The molecule has 3 N–H and O–H groups in total. The van der Waals surface area contributed by atoms with E-state index in [1.54, 1.807) is 12.1 Å². The summed E-state index contributed by atoms with van der Waals surface area (Å²) in [5.74, 6) is 0.00410. The summed E-state index contributed by atoms with van der Waals surface area (Å²) < 4.78 is 26.5. The minimum atomic E-state index is -3.43. The highest BCUT2D eigenvalue weighted by atomic mass is 32.2. The van der Waals surface area contributed by atoms with Crippen LogP contribution in [0, 0.1) is 0 Å². The zero-order valence-electron chi connectivity index (χ0n) is 16.9. The molecule has 0 fully saturated rings. The van der Waals surface area contributed by atoms with Crippen LogP contribution in [0.5, 0.6) is 0 Å². The monoisotopic (exact) mass is 384 g/mol. The van der Waals surface area contributed by atoms with Gasteiger partial charge in [-0.25, -0.2) is 8.42 Å². The summed E-state index contributed by atoms with van der Waals surface area (Å²) in [4.78, 5) is 12.4. The first-order chi connectivity index (χ1) is 12.1. The Labute approximate surface area is 158 Å². The standard InChI is InChI=1S/C19H33N3O3S/c1-7-19(5,6)21-18(23)14-20-15(4)16-10-12-17(13-11-16)26(24,25)22(8-2)9-3/h10-13,15,20H,7-9,14H2,1-6H3,(H,21,23)/p+1/t15-/m0/s1. The average molecular weight is 385 g/mol. The van der Waals surface area contributed by atoms with Gasteiger partial charge in [-0.2, -0.15) is 4.31 Å². The third kappa shape index (κ3) is 6.07. The smallest absolute Gasteiger partial charge is 0.275 e. The van der Waals surface area contributed by atoms with E-state index in [0.29, 0.717) is 24.5 Å². The van der Waals surface area contributed by atoms with Crippen molar-refractivity contribution in [2.75, 3.05) is 19.6 Å². The molecule has 0 radical (unpaired) electrons. The van der Waals surface area contributed by atoms with Crippen molar-refractivity contribution >= 4 is 15.9 Å². The Morgan fingerprint density at radius 1 is 1.15 bits per heavy atom. The fraction of sp³-hybridized carbons (Fsp3) is 0.632. The van der Waals surface area contributed by atoms with Gasteiger partial charge in [0.2, 0.25) is 10.0 Å². The zero-order valence-corrected chi connectivity index (χ0v) is 17.7.